The molecule has 144 valence electrons. The van der Waals surface area contributed by atoms with Crippen LogP contribution in [0.4, 0.5) is 15.0 Å². The van der Waals surface area contributed by atoms with Crippen molar-refractivity contribution in [2.24, 2.45) is 0 Å². The zero-order chi connectivity index (χ0) is 19.4. The van der Waals surface area contributed by atoms with E-state index in [2.05, 4.69) is 15.0 Å². The number of carbonyl (C=O) groups excluding carboxylic acids is 1. The van der Waals surface area contributed by atoms with Gasteiger partial charge in [-0.3, -0.25) is 4.90 Å². The second-order valence-electron chi connectivity index (χ2n) is 8.14. The second-order valence-corrected chi connectivity index (χ2v) is 8.14. The molecule has 2 aromatic heterocycles. The monoisotopic (exact) mass is 375 g/mol. The highest BCUT2D eigenvalue weighted by Gasteiger charge is 2.54. The lowest BCUT2D eigenvalue weighted by Crippen LogP contribution is -2.58. The van der Waals surface area contributed by atoms with Crippen LogP contribution in [0.3, 0.4) is 0 Å². The topological polar surface area (TPSA) is 91.7 Å². The summed E-state index contributed by atoms with van der Waals surface area (Å²) in [7, 11) is 0. The maximum absolute atomic E-state index is 14.6. The zero-order valence-electron chi connectivity index (χ0n) is 15.6. The minimum atomic E-state index is -0.562. The van der Waals surface area contributed by atoms with Crippen molar-refractivity contribution in [1.29, 1.82) is 0 Å². The third-order valence-electron chi connectivity index (χ3n) is 4.92. The van der Waals surface area contributed by atoms with E-state index in [0.717, 1.165) is 19.2 Å². The molecule has 1 aliphatic heterocycles. The van der Waals surface area contributed by atoms with Gasteiger partial charge in [-0.2, -0.15) is 0 Å². The molecule has 1 spiro atoms. The Bertz CT molecular complexity index is 910. The van der Waals surface area contributed by atoms with Crippen LogP contribution in [-0.2, 0) is 4.74 Å². The van der Waals surface area contributed by atoms with Gasteiger partial charge in [0.1, 0.15) is 11.9 Å². The van der Waals surface area contributed by atoms with Gasteiger partial charge in [-0.1, -0.05) is 0 Å². The summed E-state index contributed by atoms with van der Waals surface area (Å²) in [6, 6.07) is 1.25. The van der Waals surface area contributed by atoms with Crippen molar-refractivity contribution in [1.82, 2.24) is 19.9 Å². The molecule has 3 heterocycles. The van der Waals surface area contributed by atoms with Gasteiger partial charge in [0, 0.05) is 25.7 Å². The fourth-order valence-electron chi connectivity index (χ4n) is 3.49. The fourth-order valence-corrected chi connectivity index (χ4v) is 3.49. The average molecular weight is 375 g/mol. The molecule has 4 rings (SSSR count). The molecular weight excluding hydrogens is 353 g/mol. The molecule has 9 heteroatoms. The zero-order valence-corrected chi connectivity index (χ0v) is 15.6. The highest BCUT2D eigenvalue weighted by atomic mass is 19.1. The van der Waals surface area contributed by atoms with Crippen molar-refractivity contribution in [3.63, 3.8) is 0 Å². The molecule has 0 aromatic carbocycles. The van der Waals surface area contributed by atoms with E-state index in [0.29, 0.717) is 19.6 Å². The fraction of sp³-hybridized carbons (Fsp3) is 0.556. The molecule has 1 amide bonds. The summed E-state index contributed by atoms with van der Waals surface area (Å²) in [6.45, 7) is 6.82. The van der Waals surface area contributed by atoms with Crippen LogP contribution in [0.5, 0.6) is 5.88 Å². The Morgan fingerprint density at radius 3 is 2.70 bits per heavy atom. The molecule has 8 nitrogen and oxygen atoms in total. The number of rotatable bonds is 1. The maximum atomic E-state index is 14.6. The van der Waals surface area contributed by atoms with Gasteiger partial charge in [0.05, 0.1) is 11.1 Å². The Labute approximate surface area is 156 Å². The quantitative estimate of drug-likeness (QED) is 0.818. The van der Waals surface area contributed by atoms with Gasteiger partial charge < -0.3 is 14.7 Å². The van der Waals surface area contributed by atoms with E-state index in [1.54, 1.807) is 4.90 Å². The van der Waals surface area contributed by atoms with Crippen LogP contribution in [0.1, 0.15) is 33.6 Å². The van der Waals surface area contributed by atoms with Crippen molar-refractivity contribution >= 4 is 22.9 Å². The van der Waals surface area contributed by atoms with Crippen LogP contribution in [-0.4, -0.2) is 61.8 Å². The highest BCUT2D eigenvalue weighted by molar-refractivity contribution is 5.80. The van der Waals surface area contributed by atoms with E-state index in [1.165, 1.54) is 6.07 Å². The predicted octanol–water partition coefficient (Wildman–Crippen LogP) is 2.46. The van der Waals surface area contributed by atoms with E-state index in [4.69, 9.17) is 4.74 Å². The molecule has 0 atom stereocenters. The molecule has 2 fully saturated rings. The van der Waals surface area contributed by atoms with Gasteiger partial charge in [0.25, 0.3) is 0 Å². The average Bonchev–Trinajstić information content (AvgIpc) is 3.32. The van der Waals surface area contributed by atoms with Crippen molar-refractivity contribution in [3.8, 4) is 5.88 Å². The van der Waals surface area contributed by atoms with Crippen LogP contribution in [0, 0.1) is 5.82 Å². The number of nitrogens with zero attached hydrogens (tertiary/aromatic N) is 5. The Morgan fingerprint density at radius 2 is 2.04 bits per heavy atom. The van der Waals surface area contributed by atoms with E-state index in [-0.39, 0.29) is 34.4 Å². The number of aromatic nitrogens is 3. The number of hydrogen-bond acceptors (Lipinski definition) is 7. The van der Waals surface area contributed by atoms with E-state index >= 15 is 0 Å². The van der Waals surface area contributed by atoms with Gasteiger partial charge >= 0.3 is 6.09 Å². The van der Waals surface area contributed by atoms with Crippen molar-refractivity contribution in [2.45, 2.75) is 44.8 Å². The summed E-state index contributed by atoms with van der Waals surface area (Å²) in [5.74, 6) is -0.653. The SMILES string of the molecule is CC(C)(C)OC(=O)N1CCN(c2nc3c(O)ncnc3cc2F)CC12CC2. The molecule has 0 unspecified atom stereocenters. The number of hydrogen-bond donors (Lipinski definition) is 1. The predicted molar refractivity (Wildman–Crippen MR) is 96.1 cm³/mol. The molecule has 1 saturated carbocycles. The number of amides is 1. The first kappa shape index (κ1) is 17.7. The molecular formula is C18H22FN5O3. The Hall–Kier alpha value is -2.71. The third kappa shape index (κ3) is 3.22. The van der Waals surface area contributed by atoms with Gasteiger partial charge in [-0.25, -0.2) is 24.1 Å². The summed E-state index contributed by atoms with van der Waals surface area (Å²) < 4.78 is 20.2. The minimum absolute atomic E-state index is 0.141. The van der Waals surface area contributed by atoms with E-state index < -0.39 is 11.4 Å². The summed E-state index contributed by atoms with van der Waals surface area (Å²) >= 11 is 0. The lowest BCUT2D eigenvalue weighted by Gasteiger charge is -2.42. The Morgan fingerprint density at radius 1 is 1.30 bits per heavy atom. The molecule has 1 aliphatic carbocycles. The number of anilines is 1. The normalized spacial score (nSPS) is 18.8. The molecule has 1 saturated heterocycles. The number of fused-ring (bicyclic) bond motifs is 1. The molecule has 27 heavy (non-hydrogen) atoms. The number of pyridine rings is 1. The number of ether oxygens (including phenoxy) is 1. The number of carbonyl (C=O) groups is 1. The highest BCUT2D eigenvalue weighted by Crippen LogP contribution is 2.45. The van der Waals surface area contributed by atoms with Crippen LogP contribution >= 0.6 is 0 Å². The van der Waals surface area contributed by atoms with E-state index in [9.17, 15) is 14.3 Å². The molecule has 0 radical (unpaired) electrons. The van der Waals surface area contributed by atoms with Crippen molar-refractivity contribution < 1.29 is 19.0 Å². The van der Waals surface area contributed by atoms with Gasteiger partial charge in [0.15, 0.2) is 17.2 Å². The first-order valence-corrected chi connectivity index (χ1v) is 8.94. The summed E-state index contributed by atoms with van der Waals surface area (Å²) in [5.41, 5.74) is -0.502. The van der Waals surface area contributed by atoms with E-state index in [1.807, 2.05) is 25.7 Å². The van der Waals surface area contributed by atoms with Crippen molar-refractivity contribution in [2.75, 3.05) is 24.5 Å². The molecule has 0 bridgehead atoms. The summed E-state index contributed by atoms with van der Waals surface area (Å²) in [4.78, 5) is 28.0. The summed E-state index contributed by atoms with van der Waals surface area (Å²) in [6.07, 6.45) is 2.51. The third-order valence-corrected chi connectivity index (χ3v) is 4.92. The lowest BCUT2D eigenvalue weighted by atomic mass is 10.1. The number of piperazine rings is 1. The largest absolute Gasteiger partial charge is 0.492 e. The van der Waals surface area contributed by atoms with Crippen LogP contribution in [0.25, 0.3) is 11.0 Å². The van der Waals surface area contributed by atoms with Crippen LogP contribution in [0.2, 0.25) is 0 Å². The smallest absolute Gasteiger partial charge is 0.410 e. The summed E-state index contributed by atoms with van der Waals surface area (Å²) in [5, 5.41) is 9.90. The standard InChI is InChI=1S/C18H22FN5O3/c1-17(2,3)27-16(26)24-7-6-23(9-18(24)4-5-18)14-11(19)8-12-13(22-14)15(25)21-10-20-12/h8,10H,4-7,9H2,1-3H3,(H,20,21,25). The van der Waals surface area contributed by atoms with Crippen LogP contribution < -0.4 is 4.90 Å². The molecule has 2 aromatic rings. The Kier molecular flexibility index (Phi) is 3.87. The lowest BCUT2D eigenvalue weighted by molar-refractivity contribution is 0.0106. The van der Waals surface area contributed by atoms with Crippen LogP contribution in [0.15, 0.2) is 12.4 Å². The number of aromatic hydroxyl groups is 1. The molecule has 2 aliphatic rings. The van der Waals surface area contributed by atoms with Gasteiger partial charge in [-0.05, 0) is 33.6 Å². The first-order valence-electron chi connectivity index (χ1n) is 8.94. The maximum Gasteiger partial charge on any atom is 0.410 e. The van der Waals surface area contributed by atoms with Gasteiger partial charge in [-0.15, -0.1) is 0 Å². The van der Waals surface area contributed by atoms with Crippen molar-refractivity contribution in [3.05, 3.63) is 18.2 Å². The minimum Gasteiger partial charge on any atom is -0.492 e. The second kappa shape index (κ2) is 5.90. The van der Waals surface area contributed by atoms with Gasteiger partial charge in [0.2, 0.25) is 5.88 Å². The Balaban J connectivity index is 1.60. The first-order chi connectivity index (χ1) is 12.7. The molecule has 1 N–H and O–H groups in total. The number of halogens is 1.